The van der Waals surface area contributed by atoms with Crippen molar-refractivity contribution in [1.82, 2.24) is 0 Å². The highest BCUT2D eigenvalue weighted by molar-refractivity contribution is 7.80. The van der Waals surface area contributed by atoms with Gasteiger partial charge in [-0.2, -0.15) is 0 Å². The van der Waals surface area contributed by atoms with Gasteiger partial charge in [0.15, 0.2) is 7.14 Å². The Kier molecular flexibility index (Phi) is 6.23. The number of hydrogen-bond donors (Lipinski definition) is 0. The van der Waals surface area contributed by atoms with Crippen LogP contribution in [-0.2, 0) is 10.5 Å². The Labute approximate surface area is 116 Å². The molecule has 0 unspecified atom stereocenters. The highest BCUT2D eigenvalue weighted by Crippen LogP contribution is 1.85. The van der Waals surface area contributed by atoms with Crippen LogP contribution in [0.4, 0.5) is 3.89 Å². The summed E-state index contributed by atoms with van der Waals surface area (Å²) in [6.45, 7) is 0. The summed E-state index contributed by atoms with van der Waals surface area (Å²) < 4.78 is 38.3. The maximum Gasteiger partial charge on any atom is 0.357 e. The maximum atomic E-state index is 10.1. The molecular weight excluding hydrogens is 370 g/mol. The Balaban J connectivity index is 0.000000280. The van der Waals surface area contributed by atoms with Crippen molar-refractivity contribution in [2.24, 2.45) is 0 Å². The summed E-state index contributed by atoms with van der Waals surface area (Å²) in [6, 6.07) is 21.4. The number of halogens is 2. The van der Waals surface area contributed by atoms with Gasteiger partial charge in [-0.15, -0.1) is 3.89 Å². The average molecular weight is 380 g/mol. The van der Waals surface area contributed by atoms with E-state index in [-0.39, 0.29) is 21.2 Å². The van der Waals surface area contributed by atoms with Gasteiger partial charge in [0.25, 0.3) is 10.5 Å². The fourth-order valence-electron chi connectivity index (χ4n) is 1.08. The zero-order valence-corrected chi connectivity index (χ0v) is 12.1. The van der Waals surface area contributed by atoms with Crippen molar-refractivity contribution in [3.63, 3.8) is 0 Å². The van der Waals surface area contributed by atoms with Crippen molar-refractivity contribution < 1.29 is 38.1 Å². The molecule has 6 heteroatoms. The normalized spacial score (nSPS) is 10.3. The van der Waals surface area contributed by atoms with E-state index < -0.39 is 10.5 Å². The van der Waals surface area contributed by atoms with Gasteiger partial charge in [0.2, 0.25) is 0 Å². The first-order chi connectivity index (χ1) is 8.45. The average Bonchev–Trinajstić information content (AvgIpc) is 2.29. The topological polar surface area (TPSA) is 57.2 Å². The SMILES string of the molecule is O=S(=O)([O-])F.c1ccc([I+]c2ccccc2)cc1. The Morgan fingerprint density at radius 2 is 1.11 bits per heavy atom. The first-order valence-corrected chi connectivity index (χ1v) is 8.32. The standard InChI is InChI=1S/C12H10I.FHO3S/c1-3-7-11(8-4-1)13-12-9-5-2-6-10-12;1-5(2,3)4/h1-10H;(H,2,3,4)/q+1;/p-1. The zero-order valence-electron chi connectivity index (χ0n) is 9.16. The van der Waals surface area contributed by atoms with Gasteiger partial charge in [-0.05, 0) is 24.3 Å². The van der Waals surface area contributed by atoms with Crippen molar-refractivity contribution >= 4 is 10.5 Å². The van der Waals surface area contributed by atoms with E-state index in [9.17, 15) is 3.89 Å². The number of benzene rings is 2. The molecule has 0 spiro atoms. The van der Waals surface area contributed by atoms with Crippen LogP contribution in [0.25, 0.3) is 0 Å². The zero-order chi connectivity index (χ0) is 13.4. The third-order valence-corrected chi connectivity index (χ3v) is 4.37. The number of rotatable bonds is 2. The smallest absolute Gasteiger partial charge is 0.357 e. The molecule has 0 fully saturated rings. The lowest BCUT2D eigenvalue weighted by Crippen LogP contribution is -3.61. The molecule has 0 saturated carbocycles. The third kappa shape index (κ3) is 8.15. The van der Waals surface area contributed by atoms with Crippen LogP contribution in [0.15, 0.2) is 60.7 Å². The molecule has 0 N–H and O–H groups in total. The molecule has 2 rings (SSSR count). The van der Waals surface area contributed by atoms with E-state index in [0.29, 0.717) is 0 Å². The van der Waals surface area contributed by atoms with Gasteiger partial charge in [0, 0.05) is 0 Å². The van der Waals surface area contributed by atoms with E-state index in [0.717, 1.165) is 0 Å². The second-order valence-corrected chi connectivity index (χ2v) is 6.90. The number of hydrogen-bond acceptors (Lipinski definition) is 3. The van der Waals surface area contributed by atoms with E-state index >= 15 is 0 Å². The van der Waals surface area contributed by atoms with Gasteiger partial charge in [0.05, 0.1) is 0 Å². The molecule has 0 aromatic heterocycles. The van der Waals surface area contributed by atoms with E-state index in [1.54, 1.807) is 0 Å². The second-order valence-electron chi connectivity index (χ2n) is 3.08. The molecule has 3 nitrogen and oxygen atoms in total. The van der Waals surface area contributed by atoms with E-state index in [4.69, 9.17) is 13.0 Å². The highest BCUT2D eigenvalue weighted by Gasteiger charge is 2.12. The fourth-order valence-corrected chi connectivity index (χ4v) is 3.35. The van der Waals surface area contributed by atoms with E-state index in [1.807, 2.05) is 0 Å². The first-order valence-electron chi connectivity index (χ1n) is 4.85. The van der Waals surface area contributed by atoms with Crippen LogP contribution in [0.1, 0.15) is 0 Å². The van der Waals surface area contributed by atoms with Crippen LogP contribution in [0.3, 0.4) is 0 Å². The molecule has 0 saturated heterocycles. The molecule has 0 bridgehead atoms. The Hall–Kier alpha value is -0.990. The summed E-state index contributed by atoms with van der Waals surface area (Å²) in [5.74, 6) is 0. The predicted molar refractivity (Wildman–Crippen MR) is 61.1 cm³/mol. The molecule has 2 aromatic rings. The van der Waals surface area contributed by atoms with Gasteiger partial charge < -0.3 is 4.55 Å². The summed E-state index contributed by atoms with van der Waals surface area (Å²) in [7, 11) is -5.42. The summed E-state index contributed by atoms with van der Waals surface area (Å²) in [4.78, 5) is 0. The highest BCUT2D eigenvalue weighted by atomic mass is 127. The van der Waals surface area contributed by atoms with Crippen LogP contribution in [-0.4, -0.2) is 13.0 Å². The Bertz CT molecular complexity index is 513. The Morgan fingerprint density at radius 3 is 1.39 bits per heavy atom. The molecule has 0 radical (unpaired) electrons. The first kappa shape index (κ1) is 15.1. The van der Waals surface area contributed by atoms with Crippen molar-refractivity contribution in [1.29, 1.82) is 0 Å². The van der Waals surface area contributed by atoms with Crippen LogP contribution in [0.5, 0.6) is 0 Å². The minimum atomic E-state index is -5.42. The van der Waals surface area contributed by atoms with E-state index in [1.165, 1.54) is 7.14 Å². The van der Waals surface area contributed by atoms with Crippen molar-refractivity contribution in [2.45, 2.75) is 0 Å². The molecule has 0 aliphatic rings. The molecule has 96 valence electrons. The van der Waals surface area contributed by atoms with Crippen LogP contribution >= 0.6 is 0 Å². The van der Waals surface area contributed by atoms with Crippen LogP contribution < -0.4 is 21.2 Å². The lowest BCUT2D eigenvalue weighted by atomic mass is 10.4. The molecule has 0 aliphatic heterocycles. The van der Waals surface area contributed by atoms with Gasteiger partial charge in [-0.25, -0.2) is 8.42 Å². The molecule has 18 heavy (non-hydrogen) atoms. The fraction of sp³-hybridized carbons (Fsp3) is 0. The largest absolute Gasteiger partial charge is 0.722 e. The van der Waals surface area contributed by atoms with Crippen molar-refractivity contribution in [3.05, 3.63) is 67.8 Å². The van der Waals surface area contributed by atoms with E-state index in [2.05, 4.69) is 60.7 Å². The Morgan fingerprint density at radius 1 is 0.833 bits per heavy atom. The van der Waals surface area contributed by atoms with Crippen LogP contribution in [0.2, 0.25) is 0 Å². The quantitative estimate of drug-likeness (QED) is 0.391. The lowest BCUT2D eigenvalue weighted by molar-refractivity contribution is -0.597. The summed E-state index contributed by atoms with van der Waals surface area (Å²) in [5.41, 5.74) is 0. The summed E-state index contributed by atoms with van der Waals surface area (Å²) in [6.07, 6.45) is 0. The predicted octanol–water partition coefficient (Wildman–Crippen LogP) is -0.769. The van der Waals surface area contributed by atoms with Crippen molar-refractivity contribution in [3.8, 4) is 0 Å². The molecule has 0 aliphatic carbocycles. The molecular formula is C12H10FIO3S. The minimum absolute atomic E-state index is 0.0287. The molecule has 0 atom stereocenters. The van der Waals surface area contributed by atoms with Gasteiger partial charge in [0.1, 0.15) is 0 Å². The van der Waals surface area contributed by atoms with Gasteiger partial charge >= 0.3 is 21.2 Å². The molecule has 2 aromatic carbocycles. The molecule has 0 heterocycles. The van der Waals surface area contributed by atoms with Crippen LogP contribution in [0, 0.1) is 7.14 Å². The second kappa shape index (κ2) is 7.45. The van der Waals surface area contributed by atoms with Gasteiger partial charge in [-0.3, -0.25) is 0 Å². The summed E-state index contributed by atoms with van der Waals surface area (Å²) in [5, 5.41) is 0. The maximum absolute atomic E-state index is 10.1. The minimum Gasteiger partial charge on any atom is -0.722 e. The lowest BCUT2D eigenvalue weighted by Gasteiger charge is -1.84. The third-order valence-electron chi connectivity index (χ3n) is 1.68. The molecule has 0 amide bonds. The van der Waals surface area contributed by atoms with Gasteiger partial charge in [-0.1, -0.05) is 36.4 Å². The summed E-state index contributed by atoms with van der Waals surface area (Å²) >= 11 is 0.0287. The van der Waals surface area contributed by atoms with Crippen molar-refractivity contribution in [2.75, 3.05) is 0 Å². The monoisotopic (exact) mass is 380 g/mol.